The molecule has 2 amide bonds. The number of benzene rings is 2. The molecule has 2 aromatic heterocycles. The van der Waals surface area contributed by atoms with Crippen LogP contribution < -0.4 is 10.2 Å². The minimum Gasteiger partial charge on any atom is -0.478 e. The number of amides is 2. The fourth-order valence-electron chi connectivity index (χ4n) is 6.15. The van der Waals surface area contributed by atoms with E-state index in [0.29, 0.717) is 64.7 Å². The van der Waals surface area contributed by atoms with Gasteiger partial charge in [0.2, 0.25) is 0 Å². The number of aliphatic imine (C=N–C) groups is 1. The predicted molar refractivity (Wildman–Crippen MR) is 179 cm³/mol. The van der Waals surface area contributed by atoms with E-state index in [1.165, 1.54) is 60.1 Å². The van der Waals surface area contributed by atoms with Gasteiger partial charge in [0.1, 0.15) is 17.7 Å². The summed E-state index contributed by atoms with van der Waals surface area (Å²) in [6, 6.07) is 6.08. The summed E-state index contributed by atoms with van der Waals surface area (Å²) in [4.78, 5) is 57.4. The molecule has 5 heterocycles. The normalized spacial score (nSPS) is 19.5. The molecule has 17 heteroatoms. The molecule has 0 saturated carbocycles. The van der Waals surface area contributed by atoms with Gasteiger partial charge in [-0.1, -0.05) is 17.7 Å². The molecule has 4 aromatic rings. The van der Waals surface area contributed by atoms with Crippen molar-refractivity contribution in [2.24, 2.45) is 4.99 Å². The van der Waals surface area contributed by atoms with Gasteiger partial charge < -0.3 is 20.1 Å². The first-order valence-corrected chi connectivity index (χ1v) is 17.0. The van der Waals surface area contributed by atoms with Crippen molar-refractivity contribution in [2.75, 3.05) is 44.7 Å². The molecular formula is C32H26ClF2N7O5S2. The zero-order valence-electron chi connectivity index (χ0n) is 25.6. The van der Waals surface area contributed by atoms with Crippen LogP contribution in [-0.2, 0) is 9.53 Å². The van der Waals surface area contributed by atoms with E-state index in [9.17, 15) is 28.3 Å². The highest BCUT2D eigenvalue weighted by atomic mass is 35.5. The molecular weight excluding hydrogens is 700 g/mol. The lowest BCUT2D eigenvalue weighted by Gasteiger charge is -2.38. The van der Waals surface area contributed by atoms with Crippen molar-refractivity contribution >= 4 is 63.2 Å². The third-order valence-electron chi connectivity index (χ3n) is 8.41. The minimum absolute atomic E-state index is 0.109. The van der Waals surface area contributed by atoms with Gasteiger partial charge in [0.15, 0.2) is 16.0 Å². The molecule has 0 bridgehead atoms. The molecule has 12 nitrogen and oxygen atoms in total. The fraction of sp³-hybridized carbons (Fsp3) is 0.250. The van der Waals surface area contributed by atoms with Crippen molar-refractivity contribution in [1.82, 2.24) is 25.1 Å². The smallest absolute Gasteiger partial charge is 0.338 e. The summed E-state index contributed by atoms with van der Waals surface area (Å²) in [5, 5.41) is 17.2. The van der Waals surface area contributed by atoms with Crippen LogP contribution in [-0.4, -0.2) is 94.6 Å². The highest BCUT2D eigenvalue weighted by Crippen LogP contribution is 2.38. The van der Waals surface area contributed by atoms with E-state index in [-0.39, 0.29) is 34.8 Å². The number of halogens is 3. The van der Waals surface area contributed by atoms with Crippen molar-refractivity contribution in [2.45, 2.75) is 12.1 Å². The Labute approximate surface area is 290 Å². The quantitative estimate of drug-likeness (QED) is 0.239. The number of nitrogens with zero attached hydrogens (tertiary/aromatic N) is 6. The van der Waals surface area contributed by atoms with E-state index < -0.39 is 29.6 Å². The second-order valence-corrected chi connectivity index (χ2v) is 13.6. The predicted octanol–water partition coefficient (Wildman–Crippen LogP) is 5.04. The van der Waals surface area contributed by atoms with Gasteiger partial charge in [-0.05, 0) is 30.3 Å². The van der Waals surface area contributed by atoms with Crippen molar-refractivity contribution < 1.29 is 33.0 Å². The third-order valence-corrected chi connectivity index (χ3v) is 10.4. The first-order valence-electron chi connectivity index (χ1n) is 14.9. The Morgan fingerprint density at radius 1 is 1.12 bits per heavy atom. The topological polar surface area (TPSA) is 141 Å². The molecule has 2 atom stereocenters. The standard InChI is InChI=1S/C32H26ClF2N7O5S2/c1-47-30(45)25-23(37-27(28-36-4-7-48-28)39-26(25)21-3-2-18(34)11-22(21)33)14-40-5-6-41-20(12-40)13-42(32(41)46)31-38-24(15-49-31)16-8-17(29(43)44)10-19(35)9-16/h2-4,7-11,15,20,26H,5-6,12-14H2,1H3,(H,37,39)(H,43,44). The summed E-state index contributed by atoms with van der Waals surface area (Å²) in [6.07, 6.45) is 1.64. The average molecular weight is 726 g/mol. The number of carboxylic acid groups (broad SMARTS) is 1. The van der Waals surface area contributed by atoms with Gasteiger partial charge in [-0.15, -0.1) is 22.7 Å². The van der Waals surface area contributed by atoms with Crippen LogP contribution in [0.4, 0.5) is 18.7 Å². The van der Waals surface area contributed by atoms with Crippen LogP contribution in [0.3, 0.4) is 0 Å². The van der Waals surface area contributed by atoms with Crippen molar-refractivity contribution in [3.63, 3.8) is 0 Å². The SMILES string of the molecule is COC(=O)C1=C(CN2CCN3C(=O)N(c4nc(-c5cc(F)cc(C(=O)O)c5)cs4)CC3C2)NC(c2nccs2)=NC1c1ccc(F)cc1Cl. The summed E-state index contributed by atoms with van der Waals surface area (Å²) in [5.41, 5.74) is 1.63. The van der Waals surface area contributed by atoms with Gasteiger partial charge in [0.25, 0.3) is 0 Å². The number of carboxylic acids is 1. The van der Waals surface area contributed by atoms with Crippen LogP contribution >= 0.6 is 34.3 Å². The number of thiazole rings is 2. The maximum Gasteiger partial charge on any atom is 0.338 e. The molecule has 2 unspecified atom stereocenters. The van der Waals surface area contributed by atoms with E-state index >= 15 is 0 Å². The number of aromatic nitrogens is 2. The Hall–Kier alpha value is -4.77. The van der Waals surface area contributed by atoms with Crippen LogP contribution in [0, 0.1) is 11.6 Å². The van der Waals surface area contributed by atoms with Gasteiger partial charge >= 0.3 is 18.0 Å². The van der Waals surface area contributed by atoms with Crippen LogP contribution in [0.25, 0.3) is 11.3 Å². The van der Waals surface area contributed by atoms with Crippen LogP contribution in [0.1, 0.15) is 27.0 Å². The first-order chi connectivity index (χ1) is 23.6. The van der Waals surface area contributed by atoms with E-state index in [4.69, 9.17) is 21.3 Å². The monoisotopic (exact) mass is 725 g/mol. The minimum atomic E-state index is -1.26. The molecule has 49 heavy (non-hydrogen) atoms. The number of rotatable bonds is 8. The molecule has 7 rings (SSSR count). The number of esters is 1. The van der Waals surface area contributed by atoms with Crippen molar-refractivity contribution in [3.8, 4) is 11.3 Å². The zero-order valence-corrected chi connectivity index (χ0v) is 28.0. The lowest BCUT2D eigenvalue weighted by molar-refractivity contribution is -0.136. The average Bonchev–Trinajstić information content (AvgIpc) is 3.85. The van der Waals surface area contributed by atoms with Gasteiger partial charge in [-0.25, -0.2) is 33.1 Å². The number of anilines is 1. The van der Waals surface area contributed by atoms with Crippen LogP contribution in [0.15, 0.2) is 69.6 Å². The Bertz CT molecular complexity index is 2040. The number of ether oxygens (including phenoxy) is 1. The maximum absolute atomic E-state index is 14.1. The Kier molecular flexibility index (Phi) is 8.87. The molecule has 0 radical (unpaired) electrons. The molecule has 2 aromatic carbocycles. The Morgan fingerprint density at radius 3 is 2.69 bits per heavy atom. The molecule has 2 saturated heterocycles. The van der Waals surface area contributed by atoms with Crippen LogP contribution in [0.5, 0.6) is 0 Å². The van der Waals surface area contributed by atoms with E-state index in [1.807, 2.05) is 0 Å². The highest BCUT2D eigenvalue weighted by molar-refractivity contribution is 7.14. The number of piperazine rings is 1. The number of hydrogen-bond donors (Lipinski definition) is 2. The van der Waals surface area contributed by atoms with Gasteiger partial charge in [0, 0.05) is 65.0 Å². The number of hydrogen-bond acceptors (Lipinski definition) is 11. The molecule has 3 aliphatic rings. The summed E-state index contributed by atoms with van der Waals surface area (Å²) >= 11 is 9.04. The lowest BCUT2D eigenvalue weighted by atomic mass is 9.95. The van der Waals surface area contributed by atoms with E-state index in [0.717, 1.165) is 6.07 Å². The number of methoxy groups -OCH3 is 1. The zero-order chi connectivity index (χ0) is 34.4. The number of fused-ring (bicyclic) bond motifs is 1. The van der Waals surface area contributed by atoms with Crippen LogP contribution in [0.2, 0.25) is 5.02 Å². The summed E-state index contributed by atoms with van der Waals surface area (Å²) < 4.78 is 33.3. The van der Waals surface area contributed by atoms with Gasteiger partial charge in [0.05, 0.1) is 36.5 Å². The molecule has 3 aliphatic heterocycles. The summed E-state index contributed by atoms with van der Waals surface area (Å²) in [7, 11) is 1.28. The number of amidine groups is 1. The summed E-state index contributed by atoms with van der Waals surface area (Å²) in [6.45, 7) is 1.98. The first kappa shape index (κ1) is 32.8. The van der Waals surface area contributed by atoms with Gasteiger partial charge in [-0.3, -0.25) is 14.8 Å². The largest absolute Gasteiger partial charge is 0.478 e. The number of carbonyl (C=O) groups excluding carboxylic acids is 2. The number of carbonyl (C=O) groups is 3. The summed E-state index contributed by atoms with van der Waals surface area (Å²) in [5.74, 6) is -2.68. The molecule has 2 N–H and O–H groups in total. The number of aromatic carboxylic acids is 1. The number of nitrogens with one attached hydrogen (secondary N) is 1. The highest BCUT2D eigenvalue weighted by Gasteiger charge is 2.43. The fourth-order valence-corrected chi connectivity index (χ4v) is 7.84. The second kappa shape index (κ2) is 13.3. The lowest BCUT2D eigenvalue weighted by Crippen LogP contribution is -2.53. The van der Waals surface area contributed by atoms with E-state index in [1.54, 1.807) is 26.8 Å². The molecule has 2 fully saturated rings. The molecule has 252 valence electrons. The molecule has 0 spiro atoms. The van der Waals surface area contributed by atoms with Crippen molar-refractivity contribution in [1.29, 1.82) is 0 Å². The molecule has 0 aliphatic carbocycles. The second-order valence-electron chi connectivity index (χ2n) is 11.4. The van der Waals surface area contributed by atoms with Crippen molar-refractivity contribution in [3.05, 3.63) is 97.4 Å². The maximum atomic E-state index is 14.1. The third kappa shape index (κ3) is 6.39. The van der Waals surface area contributed by atoms with E-state index in [2.05, 4.69) is 20.2 Å². The number of urea groups is 1. The Balaban J connectivity index is 1.14. The van der Waals surface area contributed by atoms with Gasteiger partial charge in [-0.2, -0.15) is 0 Å². The Morgan fingerprint density at radius 2 is 1.96 bits per heavy atom.